The highest BCUT2D eigenvalue weighted by Gasteiger charge is 2.27. The molecule has 0 amide bonds. The van der Waals surface area contributed by atoms with E-state index in [0.717, 1.165) is 71.5 Å². The van der Waals surface area contributed by atoms with Crippen molar-refractivity contribution in [3.05, 3.63) is 89.6 Å². The summed E-state index contributed by atoms with van der Waals surface area (Å²) in [6.45, 7) is 4.28. The van der Waals surface area contributed by atoms with Crippen LogP contribution >= 0.6 is 0 Å². The van der Waals surface area contributed by atoms with Crippen LogP contribution < -0.4 is 4.57 Å². The Bertz CT molecular complexity index is 2050. The summed E-state index contributed by atoms with van der Waals surface area (Å²) in [6.07, 6.45) is 2.06. The van der Waals surface area contributed by atoms with E-state index in [1.165, 1.54) is 5.56 Å². The zero-order valence-electron chi connectivity index (χ0n) is 19.6. The number of benzene rings is 4. The summed E-state index contributed by atoms with van der Waals surface area (Å²) in [7, 11) is 2.04. The molecular weight excluding hydrogens is 432 g/mol. The molecule has 7 rings (SSSR count). The Morgan fingerprint density at radius 1 is 0.743 bits per heavy atom. The van der Waals surface area contributed by atoms with Crippen LogP contribution in [-0.4, -0.2) is 0 Å². The van der Waals surface area contributed by atoms with Gasteiger partial charge in [-0.3, -0.25) is 0 Å². The lowest BCUT2D eigenvalue weighted by atomic mass is 9.92. The minimum Gasteiger partial charge on any atom is -0.455 e. The van der Waals surface area contributed by atoms with Crippen LogP contribution in [0.25, 0.3) is 65.9 Å². The third-order valence-corrected chi connectivity index (χ3v) is 7.31. The van der Waals surface area contributed by atoms with Crippen LogP contribution in [0.3, 0.4) is 0 Å². The number of fused-ring (bicyclic) bond motifs is 8. The number of aryl methyl sites for hydroxylation is 2. The van der Waals surface area contributed by atoms with E-state index >= 15 is 0 Å². The molecular formula is C31H21N2O2+. The largest absolute Gasteiger partial charge is 0.455 e. The molecule has 0 spiro atoms. The molecule has 3 heterocycles. The first-order valence-corrected chi connectivity index (χ1v) is 11.7. The monoisotopic (exact) mass is 453 g/mol. The van der Waals surface area contributed by atoms with Gasteiger partial charge in [0.1, 0.15) is 29.4 Å². The molecule has 0 fully saturated rings. The van der Waals surface area contributed by atoms with Gasteiger partial charge in [-0.2, -0.15) is 5.26 Å². The zero-order chi connectivity index (χ0) is 23.8. The quantitative estimate of drug-likeness (QED) is 0.240. The molecule has 0 bridgehead atoms. The van der Waals surface area contributed by atoms with Gasteiger partial charge in [0.25, 0.3) is 0 Å². The minimum atomic E-state index is 0.607. The summed E-state index contributed by atoms with van der Waals surface area (Å²) in [5.74, 6) is 0. The number of rotatable bonds is 1. The summed E-state index contributed by atoms with van der Waals surface area (Å²) in [5.41, 5.74) is 8.27. The topological polar surface area (TPSA) is 54.0 Å². The highest BCUT2D eigenvalue weighted by atomic mass is 16.3. The number of furan rings is 2. The number of aromatic nitrogens is 1. The minimum absolute atomic E-state index is 0.607. The van der Waals surface area contributed by atoms with Crippen LogP contribution in [-0.2, 0) is 7.05 Å². The van der Waals surface area contributed by atoms with Crippen LogP contribution in [0.2, 0.25) is 0 Å². The van der Waals surface area contributed by atoms with E-state index in [-0.39, 0.29) is 0 Å². The third kappa shape index (κ3) is 2.58. The van der Waals surface area contributed by atoms with Crippen molar-refractivity contribution >= 4 is 54.6 Å². The predicted molar refractivity (Wildman–Crippen MR) is 139 cm³/mol. The Morgan fingerprint density at radius 2 is 1.43 bits per heavy atom. The molecule has 0 atom stereocenters. The lowest BCUT2D eigenvalue weighted by Gasteiger charge is -2.11. The molecule has 0 aliphatic heterocycles. The van der Waals surface area contributed by atoms with E-state index in [9.17, 15) is 5.26 Å². The van der Waals surface area contributed by atoms with Gasteiger partial charge in [0.2, 0.25) is 5.69 Å². The maximum Gasteiger partial charge on any atom is 0.224 e. The second kappa shape index (κ2) is 6.94. The van der Waals surface area contributed by atoms with Crippen LogP contribution in [0, 0.1) is 25.2 Å². The van der Waals surface area contributed by atoms with E-state index in [1.807, 2.05) is 55.6 Å². The third-order valence-electron chi connectivity index (χ3n) is 7.31. The molecule has 0 radical (unpaired) electrons. The maximum absolute atomic E-state index is 10.2. The Labute approximate surface area is 201 Å². The first-order valence-electron chi connectivity index (χ1n) is 11.7. The predicted octanol–water partition coefficient (Wildman–Crippen LogP) is 7.62. The SMILES string of the molecule is Cc1cc2c(oc3ccccc32)c(-c2c3cc(C#N)c4c5ccccc5oc4c3cc[n+]2C)c1C. The van der Waals surface area contributed by atoms with Crippen molar-refractivity contribution in [1.82, 2.24) is 0 Å². The Morgan fingerprint density at radius 3 is 2.20 bits per heavy atom. The molecule has 0 unspecified atom stereocenters. The van der Waals surface area contributed by atoms with E-state index in [1.54, 1.807) is 0 Å². The summed E-state index contributed by atoms with van der Waals surface area (Å²) < 4.78 is 14.9. The fourth-order valence-electron chi connectivity index (χ4n) is 5.50. The molecule has 0 aliphatic rings. The second-order valence-corrected chi connectivity index (χ2v) is 9.24. The smallest absolute Gasteiger partial charge is 0.224 e. The van der Waals surface area contributed by atoms with Crippen molar-refractivity contribution in [2.75, 3.05) is 0 Å². The van der Waals surface area contributed by atoms with Crippen molar-refractivity contribution in [2.45, 2.75) is 13.8 Å². The molecule has 4 heteroatoms. The average molecular weight is 454 g/mol. The molecule has 7 aromatic rings. The maximum atomic E-state index is 10.2. The first kappa shape index (κ1) is 19.8. The molecule has 0 saturated heterocycles. The number of para-hydroxylation sites is 2. The fraction of sp³-hybridized carbons (Fsp3) is 0.0968. The summed E-state index contributed by atoms with van der Waals surface area (Å²) in [5, 5.41) is 16.1. The van der Waals surface area contributed by atoms with Crippen molar-refractivity contribution in [1.29, 1.82) is 5.26 Å². The van der Waals surface area contributed by atoms with Gasteiger partial charge in [-0.25, -0.2) is 4.57 Å². The van der Waals surface area contributed by atoms with Gasteiger partial charge in [0, 0.05) is 33.0 Å². The molecule has 0 saturated carbocycles. The van der Waals surface area contributed by atoms with E-state index in [4.69, 9.17) is 8.83 Å². The standard InChI is InChI=1S/C31H21N2O2/c1-17-14-24-20-8-4-6-10-25(20)34-31(24)27(18(17)2)29-23-15-19(16-32)28-22-9-5-7-11-26(22)35-30(28)21(23)12-13-33(29)3/h4-15H,1-3H3/q+1. The van der Waals surface area contributed by atoms with Crippen LogP contribution in [0.5, 0.6) is 0 Å². The van der Waals surface area contributed by atoms with Crippen molar-refractivity contribution < 1.29 is 13.4 Å². The summed E-state index contributed by atoms with van der Waals surface area (Å²) in [6, 6.07) is 24.8. The average Bonchev–Trinajstić information content (AvgIpc) is 3.44. The van der Waals surface area contributed by atoms with Crippen LogP contribution in [0.1, 0.15) is 16.7 Å². The van der Waals surface area contributed by atoms with Gasteiger partial charge in [-0.05, 0) is 49.2 Å². The Balaban J connectivity index is 1.71. The molecule has 3 aromatic heterocycles. The number of nitriles is 1. The fourth-order valence-corrected chi connectivity index (χ4v) is 5.50. The molecule has 166 valence electrons. The van der Waals surface area contributed by atoms with Gasteiger partial charge in [-0.15, -0.1) is 0 Å². The summed E-state index contributed by atoms with van der Waals surface area (Å²) in [4.78, 5) is 0. The Kier molecular flexibility index (Phi) is 3.93. The molecule has 0 N–H and O–H groups in total. The Hall–Kier alpha value is -4.62. The van der Waals surface area contributed by atoms with Crippen LogP contribution in [0.15, 0.2) is 81.8 Å². The van der Waals surface area contributed by atoms with Crippen molar-refractivity contribution in [3.63, 3.8) is 0 Å². The lowest BCUT2D eigenvalue weighted by Crippen LogP contribution is -2.31. The molecule has 35 heavy (non-hydrogen) atoms. The highest BCUT2D eigenvalue weighted by molar-refractivity contribution is 6.20. The van der Waals surface area contributed by atoms with Crippen molar-refractivity contribution in [2.24, 2.45) is 7.05 Å². The number of pyridine rings is 1. The van der Waals surface area contributed by atoms with E-state index < -0.39 is 0 Å². The van der Waals surface area contributed by atoms with Gasteiger partial charge in [-0.1, -0.05) is 36.4 Å². The number of hydrogen-bond donors (Lipinski definition) is 0. The van der Waals surface area contributed by atoms with Crippen molar-refractivity contribution in [3.8, 4) is 17.3 Å². The van der Waals surface area contributed by atoms with Crippen LogP contribution in [0.4, 0.5) is 0 Å². The second-order valence-electron chi connectivity index (χ2n) is 9.24. The highest BCUT2D eigenvalue weighted by Crippen LogP contribution is 2.43. The molecule has 0 aliphatic carbocycles. The first-order chi connectivity index (χ1) is 17.1. The summed E-state index contributed by atoms with van der Waals surface area (Å²) >= 11 is 0. The van der Waals surface area contributed by atoms with E-state index in [0.29, 0.717) is 5.56 Å². The molecule has 4 nitrogen and oxygen atoms in total. The number of hydrogen-bond acceptors (Lipinski definition) is 3. The van der Waals surface area contributed by atoms with Gasteiger partial charge in [0.15, 0.2) is 6.20 Å². The van der Waals surface area contributed by atoms with E-state index in [2.05, 4.69) is 48.9 Å². The van der Waals surface area contributed by atoms with Gasteiger partial charge < -0.3 is 8.83 Å². The lowest BCUT2D eigenvalue weighted by molar-refractivity contribution is -0.659. The molecule has 4 aromatic carbocycles. The van der Waals surface area contributed by atoms with Gasteiger partial charge >= 0.3 is 0 Å². The zero-order valence-corrected chi connectivity index (χ0v) is 19.6. The van der Waals surface area contributed by atoms with Gasteiger partial charge in [0.05, 0.1) is 22.6 Å². The number of nitrogens with zero attached hydrogens (tertiary/aromatic N) is 2. The normalized spacial score (nSPS) is 11.8.